The second-order valence-corrected chi connectivity index (χ2v) is 8.77. The van der Waals surface area contributed by atoms with Gasteiger partial charge in [-0.3, -0.25) is 4.68 Å². The highest BCUT2D eigenvalue weighted by molar-refractivity contribution is 7.80. The number of rotatable bonds is 2. The SMILES string of the molecule is Cn1cc(-c2cnn3c(N4CCN(C(=O)OC(C)(C)C)CCC4=S)cnc3c2)cn1. The lowest BCUT2D eigenvalue weighted by atomic mass is 10.2. The highest BCUT2D eigenvalue weighted by Crippen LogP contribution is 2.24. The van der Waals surface area contributed by atoms with Crippen LogP contribution in [0.3, 0.4) is 0 Å². The molecule has 0 bridgehead atoms. The van der Waals surface area contributed by atoms with Crippen LogP contribution in [0.15, 0.2) is 30.9 Å². The van der Waals surface area contributed by atoms with Gasteiger partial charge in [-0.1, -0.05) is 12.2 Å². The van der Waals surface area contributed by atoms with Crippen LogP contribution in [0.5, 0.6) is 0 Å². The Morgan fingerprint density at radius 1 is 1.10 bits per heavy atom. The van der Waals surface area contributed by atoms with Crippen molar-refractivity contribution < 1.29 is 9.53 Å². The zero-order valence-electron chi connectivity index (χ0n) is 17.6. The molecular formula is C20H25N7O2S. The molecule has 0 spiro atoms. The van der Waals surface area contributed by atoms with E-state index in [1.165, 1.54) is 0 Å². The molecule has 0 unspecified atom stereocenters. The van der Waals surface area contributed by atoms with E-state index in [4.69, 9.17) is 17.0 Å². The van der Waals surface area contributed by atoms with E-state index >= 15 is 0 Å². The molecule has 0 aliphatic carbocycles. The summed E-state index contributed by atoms with van der Waals surface area (Å²) < 4.78 is 9.04. The quantitative estimate of drug-likeness (QED) is 0.582. The maximum absolute atomic E-state index is 12.5. The van der Waals surface area contributed by atoms with Crippen molar-refractivity contribution >= 4 is 34.8 Å². The molecule has 0 radical (unpaired) electrons. The number of imidazole rings is 1. The number of hydrogen-bond donors (Lipinski definition) is 0. The molecule has 1 aliphatic rings. The number of aryl methyl sites for hydroxylation is 1. The van der Waals surface area contributed by atoms with Gasteiger partial charge in [0.1, 0.15) is 5.60 Å². The largest absolute Gasteiger partial charge is 0.444 e. The van der Waals surface area contributed by atoms with E-state index < -0.39 is 5.60 Å². The van der Waals surface area contributed by atoms with Gasteiger partial charge >= 0.3 is 6.09 Å². The van der Waals surface area contributed by atoms with Crippen molar-refractivity contribution in [3.63, 3.8) is 0 Å². The molecular weight excluding hydrogens is 402 g/mol. The van der Waals surface area contributed by atoms with Gasteiger partial charge in [0.15, 0.2) is 11.5 Å². The van der Waals surface area contributed by atoms with E-state index in [9.17, 15) is 4.79 Å². The fraction of sp³-hybridized carbons (Fsp3) is 0.450. The highest BCUT2D eigenvalue weighted by Gasteiger charge is 2.27. The van der Waals surface area contributed by atoms with Crippen molar-refractivity contribution in [2.24, 2.45) is 7.05 Å². The molecule has 3 aromatic rings. The zero-order chi connectivity index (χ0) is 21.5. The van der Waals surface area contributed by atoms with Crippen LogP contribution in [0.1, 0.15) is 27.2 Å². The average molecular weight is 428 g/mol. The molecule has 3 aromatic heterocycles. The number of amides is 1. The number of fused-ring (bicyclic) bond motifs is 1. The van der Waals surface area contributed by atoms with Gasteiger partial charge in [-0.05, 0) is 26.8 Å². The van der Waals surface area contributed by atoms with Gasteiger partial charge in [0.25, 0.3) is 0 Å². The summed E-state index contributed by atoms with van der Waals surface area (Å²) in [6.45, 7) is 7.18. The summed E-state index contributed by atoms with van der Waals surface area (Å²) >= 11 is 5.65. The molecule has 30 heavy (non-hydrogen) atoms. The van der Waals surface area contributed by atoms with Crippen LogP contribution in [0.25, 0.3) is 16.8 Å². The van der Waals surface area contributed by atoms with Crippen LogP contribution in [0, 0.1) is 0 Å². The molecule has 1 fully saturated rings. The molecule has 4 heterocycles. The first kappa shape index (κ1) is 20.3. The molecule has 1 aliphatic heterocycles. The van der Waals surface area contributed by atoms with Crippen molar-refractivity contribution in [3.05, 3.63) is 30.9 Å². The smallest absolute Gasteiger partial charge is 0.410 e. The average Bonchev–Trinajstić information content (AvgIpc) is 3.23. The minimum absolute atomic E-state index is 0.315. The molecule has 0 atom stereocenters. The summed E-state index contributed by atoms with van der Waals surface area (Å²) in [6, 6.07) is 1.97. The highest BCUT2D eigenvalue weighted by atomic mass is 32.1. The zero-order valence-corrected chi connectivity index (χ0v) is 18.4. The van der Waals surface area contributed by atoms with Crippen molar-refractivity contribution in [2.75, 3.05) is 24.5 Å². The molecule has 1 amide bonds. The third-order valence-corrected chi connectivity index (χ3v) is 5.22. The standard InChI is InChI=1S/C20H25N7O2S/c1-20(2,3)29-19(28)25-6-5-18(30)26(8-7-25)17-12-21-16-9-14(10-23-27(16)17)15-11-22-24(4)13-15/h9-13H,5-8H2,1-4H3. The van der Waals surface area contributed by atoms with Gasteiger partial charge < -0.3 is 14.5 Å². The van der Waals surface area contributed by atoms with Gasteiger partial charge in [-0.2, -0.15) is 14.7 Å². The van der Waals surface area contributed by atoms with E-state index in [0.29, 0.717) is 26.1 Å². The maximum atomic E-state index is 12.5. The van der Waals surface area contributed by atoms with Crippen LogP contribution < -0.4 is 4.90 Å². The van der Waals surface area contributed by atoms with Gasteiger partial charge in [-0.15, -0.1) is 0 Å². The number of nitrogens with zero attached hydrogens (tertiary/aromatic N) is 7. The fourth-order valence-corrected chi connectivity index (χ4v) is 3.63. The summed E-state index contributed by atoms with van der Waals surface area (Å²) in [5, 5.41) is 8.79. The van der Waals surface area contributed by atoms with Crippen LogP contribution >= 0.6 is 12.2 Å². The van der Waals surface area contributed by atoms with Gasteiger partial charge in [0.05, 0.1) is 23.6 Å². The van der Waals surface area contributed by atoms with E-state index in [0.717, 1.165) is 27.6 Å². The molecule has 4 rings (SSSR count). The normalized spacial score (nSPS) is 15.5. The fourth-order valence-electron chi connectivity index (χ4n) is 3.35. The van der Waals surface area contributed by atoms with Crippen molar-refractivity contribution in [1.29, 1.82) is 0 Å². The number of thiocarbonyl (C=S) groups is 1. The van der Waals surface area contributed by atoms with Crippen molar-refractivity contribution in [1.82, 2.24) is 29.3 Å². The Hall–Kier alpha value is -3.01. The number of ether oxygens (including phenoxy) is 1. The van der Waals surface area contributed by atoms with Gasteiger partial charge in [0.2, 0.25) is 0 Å². The Kier molecular flexibility index (Phi) is 5.19. The van der Waals surface area contributed by atoms with E-state index in [1.807, 2.05) is 45.0 Å². The van der Waals surface area contributed by atoms with Crippen LogP contribution in [-0.2, 0) is 11.8 Å². The monoisotopic (exact) mass is 427 g/mol. The predicted molar refractivity (Wildman–Crippen MR) is 118 cm³/mol. The Balaban J connectivity index is 1.56. The minimum Gasteiger partial charge on any atom is -0.444 e. The molecule has 0 N–H and O–H groups in total. The summed E-state index contributed by atoms with van der Waals surface area (Å²) in [4.78, 5) is 21.4. The lowest BCUT2D eigenvalue weighted by Gasteiger charge is -2.26. The number of carbonyl (C=O) groups excluding carboxylic acids is 1. The third-order valence-electron chi connectivity index (χ3n) is 4.80. The second-order valence-electron chi connectivity index (χ2n) is 8.30. The van der Waals surface area contributed by atoms with Crippen molar-refractivity contribution in [3.8, 4) is 11.1 Å². The summed E-state index contributed by atoms with van der Waals surface area (Å²) in [5.74, 6) is 0.791. The van der Waals surface area contributed by atoms with E-state index in [2.05, 4.69) is 15.2 Å². The van der Waals surface area contributed by atoms with Crippen molar-refractivity contribution in [2.45, 2.75) is 32.8 Å². The predicted octanol–water partition coefficient (Wildman–Crippen LogP) is 2.90. The van der Waals surface area contributed by atoms with Gasteiger partial charge in [0, 0.05) is 50.4 Å². The number of hydrogen-bond acceptors (Lipinski definition) is 6. The van der Waals surface area contributed by atoms with Crippen LogP contribution in [0.2, 0.25) is 0 Å². The number of aromatic nitrogens is 5. The molecule has 10 heteroatoms. The Labute approximate surface area is 180 Å². The van der Waals surface area contributed by atoms with E-state index in [-0.39, 0.29) is 6.09 Å². The Bertz CT molecular complexity index is 1100. The summed E-state index contributed by atoms with van der Waals surface area (Å²) in [7, 11) is 1.88. The number of carbonyl (C=O) groups is 1. The molecule has 0 saturated carbocycles. The number of anilines is 1. The van der Waals surface area contributed by atoms with Gasteiger partial charge in [-0.25, -0.2) is 9.78 Å². The molecule has 1 saturated heterocycles. The Morgan fingerprint density at radius 2 is 1.87 bits per heavy atom. The molecule has 9 nitrogen and oxygen atoms in total. The minimum atomic E-state index is -0.527. The Morgan fingerprint density at radius 3 is 2.57 bits per heavy atom. The third kappa shape index (κ3) is 4.13. The molecule has 0 aromatic carbocycles. The first-order valence-electron chi connectivity index (χ1n) is 9.82. The lowest BCUT2D eigenvalue weighted by Crippen LogP contribution is -2.39. The van der Waals surface area contributed by atoms with E-state index in [1.54, 1.807) is 32.7 Å². The first-order chi connectivity index (χ1) is 14.2. The van der Waals surface area contributed by atoms with Crippen LogP contribution in [0.4, 0.5) is 10.6 Å². The molecule has 158 valence electrons. The van der Waals surface area contributed by atoms with Crippen LogP contribution in [-0.4, -0.2) is 65.6 Å². The second kappa shape index (κ2) is 7.67. The summed E-state index contributed by atoms with van der Waals surface area (Å²) in [5.41, 5.74) is 2.13. The first-order valence-corrected chi connectivity index (χ1v) is 10.2. The lowest BCUT2D eigenvalue weighted by molar-refractivity contribution is 0.0265. The maximum Gasteiger partial charge on any atom is 0.410 e. The summed E-state index contributed by atoms with van der Waals surface area (Å²) in [6.07, 6.45) is 7.56. The topological polar surface area (TPSA) is 80.8 Å².